The van der Waals surface area contributed by atoms with E-state index in [0.29, 0.717) is 0 Å². The second kappa shape index (κ2) is 4.84. The van der Waals surface area contributed by atoms with Crippen molar-refractivity contribution in [1.29, 1.82) is 0 Å². The van der Waals surface area contributed by atoms with Crippen molar-refractivity contribution in [2.24, 2.45) is 0 Å². The smallest absolute Gasteiger partial charge is 0.0649 e. The van der Waals surface area contributed by atoms with Crippen LogP contribution in [0, 0.1) is 11.8 Å². The van der Waals surface area contributed by atoms with Gasteiger partial charge in [-0.2, -0.15) is 0 Å². The Balaban J connectivity index is 2.86. The van der Waals surface area contributed by atoms with E-state index < -0.39 is 0 Å². The Labute approximate surface area is 81.3 Å². The third kappa shape index (κ3) is 2.60. The second-order valence-electron chi connectivity index (χ2n) is 2.27. The lowest BCUT2D eigenvalue weighted by Crippen LogP contribution is -1.87. The molecule has 0 heterocycles. The number of anilines is 1. The fraction of sp³-hybridized carbons (Fsp3) is 0.200. The Bertz CT molecular complexity index is 309. The van der Waals surface area contributed by atoms with Gasteiger partial charge in [0.05, 0.1) is 5.33 Å². The van der Waals surface area contributed by atoms with Crippen LogP contribution in [0.4, 0.5) is 5.69 Å². The molecule has 0 atom stereocenters. The minimum absolute atomic E-state index is 0.719. The Morgan fingerprint density at radius 1 is 1.50 bits per heavy atom. The summed E-state index contributed by atoms with van der Waals surface area (Å²) in [6, 6.07) is 8.02. The minimum Gasteiger partial charge on any atom is -0.388 e. The summed E-state index contributed by atoms with van der Waals surface area (Å²) in [6.45, 7) is 0. The highest BCUT2D eigenvalue weighted by molar-refractivity contribution is 9.09. The van der Waals surface area contributed by atoms with E-state index in [1.165, 1.54) is 0 Å². The van der Waals surface area contributed by atoms with E-state index in [1.807, 2.05) is 31.3 Å². The van der Waals surface area contributed by atoms with Gasteiger partial charge in [-0.05, 0) is 18.2 Å². The van der Waals surface area contributed by atoms with Gasteiger partial charge in [-0.25, -0.2) is 0 Å². The predicted octanol–water partition coefficient (Wildman–Crippen LogP) is 2.47. The highest BCUT2D eigenvalue weighted by Crippen LogP contribution is 2.07. The number of rotatable bonds is 1. The van der Waals surface area contributed by atoms with E-state index in [0.717, 1.165) is 16.6 Å². The summed E-state index contributed by atoms with van der Waals surface area (Å²) in [5, 5.41) is 3.78. The maximum Gasteiger partial charge on any atom is 0.0649 e. The average molecular weight is 224 g/mol. The molecule has 0 aliphatic rings. The SMILES string of the molecule is CNc1cccc(C#CCBr)c1. The largest absolute Gasteiger partial charge is 0.388 e. The second-order valence-corrected chi connectivity index (χ2v) is 2.83. The number of nitrogens with one attached hydrogen (secondary N) is 1. The number of hydrogen-bond donors (Lipinski definition) is 1. The van der Waals surface area contributed by atoms with Gasteiger partial charge in [0.25, 0.3) is 0 Å². The van der Waals surface area contributed by atoms with Gasteiger partial charge in [0.2, 0.25) is 0 Å². The summed E-state index contributed by atoms with van der Waals surface area (Å²) in [6.07, 6.45) is 0. The first kappa shape index (κ1) is 9.15. The van der Waals surface area contributed by atoms with Crippen LogP contribution < -0.4 is 5.32 Å². The quantitative estimate of drug-likeness (QED) is 0.570. The zero-order valence-electron chi connectivity index (χ0n) is 6.89. The molecule has 0 amide bonds. The predicted molar refractivity (Wildman–Crippen MR) is 56.7 cm³/mol. The minimum atomic E-state index is 0.719. The van der Waals surface area contributed by atoms with Gasteiger partial charge >= 0.3 is 0 Å². The molecule has 0 radical (unpaired) electrons. The Kier molecular flexibility index (Phi) is 3.69. The molecular formula is C10H10BrN. The van der Waals surface area contributed by atoms with Crippen LogP contribution in [0.25, 0.3) is 0 Å². The first-order chi connectivity index (χ1) is 5.86. The molecule has 1 N–H and O–H groups in total. The van der Waals surface area contributed by atoms with E-state index >= 15 is 0 Å². The van der Waals surface area contributed by atoms with Crippen LogP contribution in [0.1, 0.15) is 5.56 Å². The number of halogens is 1. The third-order valence-corrected chi connectivity index (χ3v) is 1.73. The molecule has 12 heavy (non-hydrogen) atoms. The lowest BCUT2D eigenvalue weighted by molar-refractivity contribution is 1.50. The van der Waals surface area contributed by atoms with Gasteiger partial charge in [0.15, 0.2) is 0 Å². The van der Waals surface area contributed by atoms with Crippen LogP contribution in [0.5, 0.6) is 0 Å². The summed E-state index contributed by atoms with van der Waals surface area (Å²) in [4.78, 5) is 0. The van der Waals surface area contributed by atoms with E-state index in [1.54, 1.807) is 0 Å². The molecule has 62 valence electrons. The maximum absolute atomic E-state index is 3.25. The summed E-state index contributed by atoms with van der Waals surface area (Å²) in [5.41, 5.74) is 2.14. The van der Waals surface area contributed by atoms with Gasteiger partial charge in [-0.1, -0.05) is 33.8 Å². The van der Waals surface area contributed by atoms with Crippen molar-refractivity contribution in [3.63, 3.8) is 0 Å². The van der Waals surface area contributed by atoms with Crippen molar-refractivity contribution >= 4 is 21.6 Å². The highest BCUT2D eigenvalue weighted by Gasteiger charge is 1.88. The van der Waals surface area contributed by atoms with E-state index in [-0.39, 0.29) is 0 Å². The number of hydrogen-bond acceptors (Lipinski definition) is 1. The van der Waals surface area contributed by atoms with Crippen LogP contribution in [-0.4, -0.2) is 12.4 Å². The van der Waals surface area contributed by atoms with Gasteiger partial charge in [-0.3, -0.25) is 0 Å². The molecule has 1 nitrogen and oxygen atoms in total. The van der Waals surface area contributed by atoms with Crippen LogP contribution in [0.15, 0.2) is 24.3 Å². The van der Waals surface area contributed by atoms with Crippen molar-refractivity contribution in [1.82, 2.24) is 0 Å². The molecule has 0 saturated heterocycles. The molecule has 1 aromatic carbocycles. The fourth-order valence-corrected chi connectivity index (χ4v) is 1.03. The summed E-state index contributed by atoms with van der Waals surface area (Å²) < 4.78 is 0. The molecule has 0 spiro atoms. The molecule has 1 aromatic rings. The summed E-state index contributed by atoms with van der Waals surface area (Å²) in [7, 11) is 1.90. The number of alkyl halides is 1. The molecule has 2 heteroatoms. The topological polar surface area (TPSA) is 12.0 Å². The van der Waals surface area contributed by atoms with Gasteiger partial charge in [0.1, 0.15) is 0 Å². The van der Waals surface area contributed by atoms with Crippen LogP contribution in [-0.2, 0) is 0 Å². The van der Waals surface area contributed by atoms with E-state index in [4.69, 9.17) is 0 Å². The Morgan fingerprint density at radius 3 is 3.00 bits per heavy atom. The maximum atomic E-state index is 3.25. The number of benzene rings is 1. The molecule has 0 unspecified atom stereocenters. The van der Waals surface area contributed by atoms with Crippen LogP contribution >= 0.6 is 15.9 Å². The molecule has 1 rings (SSSR count). The monoisotopic (exact) mass is 223 g/mol. The molecule has 0 aliphatic heterocycles. The fourth-order valence-electron chi connectivity index (χ4n) is 0.888. The van der Waals surface area contributed by atoms with Crippen molar-refractivity contribution in [2.45, 2.75) is 0 Å². The molecular weight excluding hydrogens is 214 g/mol. The van der Waals surface area contributed by atoms with Gasteiger partial charge in [0, 0.05) is 18.3 Å². The highest BCUT2D eigenvalue weighted by atomic mass is 79.9. The van der Waals surface area contributed by atoms with Crippen LogP contribution in [0.2, 0.25) is 0 Å². The average Bonchev–Trinajstić information content (AvgIpc) is 2.15. The lowest BCUT2D eigenvalue weighted by atomic mass is 10.2. The molecule has 0 fully saturated rings. The van der Waals surface area contributed by atoms with E-state index in [9.17, 15) is 0 Å². The normalized spacial score (nSPS) is 8.50. The van der Waals surface area contributed by atoms with Crippen molar-refractivity contribution < 1.29 is 0 Å². The molecule has 0 saturated carbocycles. The zero-order chi connectivity index (χ0) is 8.81. The molecule has 0 aliphatic carbocycles. The van der Waals surface area contributed by atoms with Crippen molar-refractivity contribution in [3.8, 4) is 11.8 Å². The van der Waals surface area contributed by atoms with Crippen LogP contribution in [0.3, 0.4) is 0 Å². The first-order valence-corrected chi connectivity index (χ1v) is 4.81. The molecule has 0 aromatic heterocycles. The Hall–Kier alpha value is -0.940. The van der Waals surface area contributed by atoms with Crippen molar-refractivity contribution in [2.75, 3.05) is 17.7 Å². The zero-order valence-corrected chi connectivity index (χ0v) is 8.48. The Morgan fingerprint density at radius 2 is 2.33 bits per heavy atom. The molecule has 0 bridgehead atoms. The van der Waals surface area contributed by atoms with Crippen molar-refractivity contribution in [3.05, 3.63) is 29.8 Å². The lowest BCUT2D eigenvalue weighted by Gasteiger charge is -1.98. The van der Waals surface area contributed by atoms with Gasteiger partial charge in [-0.15, -0.1) is 0 Å². The summed E-state index contributed by atoms with van der Waals surface area (Å²) >= 11 is 3.25. The first-order valence-electron chi connectivity index (χ1n) is 3.69. The summed E-state index contributed by atoms with van der Waals surface area (Å²) in [5.74, 6) is 5.99. The van der Waals surface area contributed by atoms with Gasteiger partial charge < -0.3 is 5.32 Å². The third-order valence-electron chi connectivity index (χ3n) is 1.45. The standard InChI is InChI=1S/C10H10BrN/c1-12-10-6-2-4-9(8-10)5-3-7-11/h2,4,6,8,12H,7H2,1H3. The van der Waals surface area contributed by atoms with E-state index in [2.05, 4.69) is 33.1 Å².